The van der Waals surface area contributed by atoms with Crippen LogP contribution < -0.4 is 10.1 Å². The molecule has 0 spiro atoms. The number of alkyl carbamates (subject to hydrolysis) is 1. The summed E-state index contributed by atoms with van der Waals surface area (Å²) in [6, 6.07) is 5.69. The first-order valence-electron chi connectivity index (χ1n) is 10.4. The van der Waals surface area contributed by atoms with E-state index in [0.717, 1.165) is 11.1 Å². The Balaban J connectivity index is 2.73. The number of ether oxygens (including phenoxy) is 2. The van der Waals surface area contributed by atoms with Crippen LogP contribution in [-0.4, -0.2) is 35.1 Å². The Morgan fingerprint density at radius 2 is 1.48 bits per heavy atom. The van der Waals surface area contributed by atoms with Gasteiger partial charge in [0.05, 0.1) is 6.54 Å². The fourth-order valence-electron chi connectivity index (χ4n) is 2.23. The molecule has 1 aromatic carbocycles. The number of hydrogen-bond acceptors (Lipinski definition) is 7. The number of carbonyl (C=O) groups excluding carboxylic acids is 3. The standard InChI is InChI=1S/C23H35NO5S2/c1-15(2)20(25)30-13-17-8-9-19(12-18(17)14-31-21(26)16(3)4)28-11-10-24-22(27)29-23(5,6)7/h8-9,12,15-16H,10-11,13-14H2,1-7H3,(H,24,27). The second-order valence-corrected chi connectivity index (χ2v) is 10.7. The number of nitrogens with one attached hydrogen (secondary N) is 1. The first kappa shape index (κ1) is 27.4. The van der Waals surface area contributed by atoms with Gasteiger partial charge >= 0.3 is 6.09 Å². The molecule has 1 aromatic rings. The van der Waals surface area contributed by atoms with Crippen LogP contribution in [0.3, 0.4) is 0 Å². The van der Waals surface area contributed by atoms with Crippen LogP contribution in [0.2, 0.25) is 0 Å². The zero-order valence-electron chi connectivity index (χ0n) is 19.6. The maximum atomic E-state index is 12.1. The minimum absolute atomic E-state index is 0.0228. The average molecular weight is 470 g/mol. The lowest BCUT2D eigenvalue weighted by Gasteiger charge is -2.19. The van der Waals surface area contributed by atoms with E-state index in [2.05, 4.69) is 5.32 Å². The SMILES string of the molecule is CC(C)C(=O)SCc1ccc(OCCNC(=O)OC(C)(C)C)cc1CSC(=O)C(C)C. The van der Waals surface area contributed by atoms with Crippen molar-refractivity contribution in [3.8, 4) is 5.75 Å². The summed E-state index contributed by atoms with van der Waals surface area (Å²) >= 11 is 2.57. The molecule has 8 heteroatoms. The topological polar surface area (TPSA) is 81.7 Å². The van der Waals surface area contributed by atoms with Crippen molar-refractivity contribution in [2.24, 2.45) is 11.8 Å². The smallest absolute Gasteiger partial charge is 0.407 e. The summed E-state index contributed by atoms with van der Waals surface area (Å²) in [5, 5.41) is 2.93. The van der Waals surface area contributed by atoms with E-state index in [9.17, 15) is 14.4 Å². The molecule has 174 valence electrons. The van der Waals surface area contributed by atoms with E-state index in [-0.39, 0.29) is 28.7 Å². The normalized spacial score (nSPS) is 11.5. The van der Waals surface area contributed by atoms with Gasteiger partial charge in [0, 0.05) is 23.3 Å². The van der Waals surface area contributed by atoms with Crippen LogP contribution in [0.5, 0.6) is 5.75 Å². The van der Waals surface area contributed by atoms with Gasteiger partial charge in [-0.1, -0.05) is 57.3 Å². The number of rotatable bonds is 10. The summed E-state index contributed by atoms with van der Waals surface area (Å²) in [7, 11) is 0. The Hall–Kier alpha value is -1.67. The Bertz CT molecular complexity index is 757. The van der Waals surface area contributed by atoms with Gasteiger partial charge in [0.25, 0.3) is 0 Å². The predicted octanol–water partition coefficient (Wildman–Crippen LogP) is 5.42. The number of thioether (sulfide) groups is 2. The molecule has 0 heterocycles. The molecule has 0 saturated heterocycles. The number of benzene rings is 1. The quantitative estimate of drug-likeness (QED) is 0.458. The van der Waals surface area contributed by atoms with Crippen LogP contribution >= 0.6 is 23.5 Å². The molecule has 6 nitrogen and oxygen atoms in total. The maximum absolute atomic E-state index is 12.1. The van der Waals surface area contributed by atoms with Gasteiger partial charge in [0.2, 0.25) is 0 Å². The summed E-state index contributed by atoms with van der Waals surface area (Å²) in [5.74, 6) is 1.68. The van der Waals surface area contributed by atoms with Crippen molar-refractivity contribution in [3.63, 3.8) is 0 Å². The van der Waals surface area contributed by atoms with Crippen molar-refractivity contribution in [1.29, 1.82) is 0 Å². The summed E-state index contributed by atoms with van der Waals surface area (Å²) < 4.78 is 11.0. The molecule has 1 N–H and O–H groups in total. The Morgan fingerprint density at radius 1 is 0.935 bits per heavy atom. The first-order chi connectivity index (χ1) is 14.4. The monoisotopic (exact) mass is 469 g/mol. The molecule has 0 aromatic heterocycles. The lowest BCUT2D eigenvalue weighted by atomic mass is 10.1. The molecule has 0 radical (unpaired) electrons. The van der Waals surface area contributed by atoms with E-state index >= 15 is 0 Å². The lowest BCUT2D eigenvalue weighted by molar-refractivity contribution is -0.114. The Labute approximate surface area is 194 Å². The van der Waals surface area contributed by atoms with E-state index in [1.54, 1.807) is 20.8 Å². The van der Waals surface area contributed by atoms with Crippen molar-refractivity contribution >= 4 is 39.8 Å². The average Bonchev–Trinajstić information content (AvgIpc) is 2.66. The maximum Gasteiger partial charge on any atom is 0.407 e. The van der Waals surface area contributed by atoms with Gasteiger partial charge in [-0.05, 0) is 44.0 Å². The van der Waals surface area contributed by atoms with Gasteiger partial charge in [-0.25, -0.2) is 4.79 Å². The molecule has 0 unspecified atom stereocenters. The van der Waals surface area contributed by atoms with E-state index < -0.39 is 11.7 Å². The van der Waals surface area contributed by atoms with Crippen molar-refractivity contribution in [2.45, 2.75) is 65.6 Å². The largest absolute Gasteiger partial charge is 0.492 e. The zero-order chi connectivity index (χ0) is 23.6. The van der Waals surface area contributed by atoms with Crippen LogP contribution in [0, 0.1) is 11.8 Å². The van der Waals surface area contributed by atoms with Gasteiger partial charge in [-0.2, -0.15) is 0 Å². The van der Waals surface area contributed by atoms with Crippen LogP contribution in [0.4, 0.5) is 4.79 Å². The second kappa shape index (κ2) is 13.0. The van der Waals surface area contributed by atoms with Gasteiger partial charge in [-0.15, -0.1) is 0 Å². The van der Waals surface area contributed by atoms with Crippen molar-refractivity contribution in [3.05, 3.63) is 29.3 Å². The number of hydrogen-bond donors (Lipinski definition) is 1. The van der Waals surface area contributed by atoms with E-state index in [1.807, 2.05) is 45.9 Å². The number of amides is 1. The van der Waals surface area contributed by atoms with Crippen molar-refractivity contribution < 1.29 is 23.9 Å². The zero-order valence-corrected chi connectivity index (χ0v) is 21.2. The molecule has 0 aliphatic rings. The van der Waals surface area contributed by atoms with E-state index in [4.69, 9.17) is 9.47 Å². The second-order valence-electron chi connectivity index (χ2n) is 8.73. The Morgan fingerprint density at radius 3 is 2.00 bits per heavy atom. The minimum atomic E-state index is -0.546. The van der Waals surface area contributed by atoms with Gasteiger partial charge in [-0.3, -0.25) is 9.59 Å². The third kappa shape index (κ3) is 11.5. The highest BCUT2D eigenvalue weighted by Gasteiger charge is 2.16. The van der Waals surface area contributed by atoms with E-state index in [1.165, 1.54) is 23.5 Å². The fourth-order valence-corrected chi connectivity index (χ4v) is 4.05. The van der Waals surface area contributed by atoms with Crippen LogP contribution in [-0.2, 0) is 25.8 Å². The molecule has 0 atom stereocenters. The predicted molar refractivity (Wildman–Crippen MR) is 128 cm³/mol. The Kier molecular flexibility index (Phi) is 11.5. The summed E-state index contributed by atoms with van der Waals surface area (Å²) in [4.78, 5) is 35.8. The molecule has 0 bridgehead atoms. The third-order valence-electron chi connectivity index (χ3n) is 3.90. The molecule has 0 saturated carbocycles. The molecular formula is C23H35NO5S2. The molecule has 1 rings (SSSR count). The van der Waals surface area contributed by atoms with Crippen LogP contribution in [0.1, 0.15) is 59.6 Å². The van der Waals surface area contributed by atoms with Gasteiger partial charge < -0.3 is 14.8 Å². The summed E-state index contributed by atoms with van der Waals surface area (Å²) in [6.45, 7) is 13.5. The van der Waals surface area contributed by atoms with Crippen LogP contribution in [0.25, 0.3) is 0 Å². The highest BCUT2D eigenvalue weighted by atomic mass is 32.2. The molecular weight excluding hydrogens is 434 g/mol. The minimum Gasteiger partial charge on any atom is -0.492 e. The van der Waals surface area contributed by atoms with Crippen molar-refractivity contribution in [1.82, 2.24) is 5.32 Å². The van der Waals surface area contributed by atoms with Crippen LogP contribution in [0.15, 0.2) is 18.2 Å². The molecule has 1 amide bonds. The summed E-state index contributed by atoms with van der Waals surface area (Å²) in [5.41, 5.74) is 1.44. The van der Waals surface area contributed by atoms with Gasteiger partial charge in [0.1, 0.15) is 18.0 Å². The number of carbonyl (C=O) groups is 3. The molecule has 0 aliphatic heterocycles. The molecule has 31 heavy (non-hydrogen) atoms. The molecule has 0 aliphatic carbocycles. The lowest BCUT2D eigenvalue weighted by Crippen LogP contribution is -2.34. The highest BCUT2D eigenvalue weighted by molar-refractivity contribution is 8.13. The fraction of sp³-hybridized carbons (Fsp3) is 0.609. The summed E-state index contributed by atoms with van der Waals surface area (Å²) in [6.07, 6.45) is -0.484. The third-order valence-corrected chi connectivity index (χ3v) is 6.32. The van der Waals surface area contributed by atoms with Crippen molar-refractivity contribution in [2.75, 3.05) is 13.2 Å². The first-order valence-corrected chi connectivity index (χ1v) is 12.4. The van der Waals surface area contributed by atoms with Gasteiger partial charge in [0.15, 0.2) is 10.2 Å². The highest BCUT2D eigenvalue weighted by Crippen LogP contribution is 2.28. The van der Waals surface area contributed by atoms with E-state index in [0.29, 0.717) is 23.8 Å². The molecule has 0 fully saturated rings.